The van der Waals surface area contributed by atoms with Crippen LogP contribution < -0.4 is 5.32 Å². The summed E-state index contributed by atoms with van der Waals surface area (Å²) in [5.74, 6) is 0. The molecule has 3 heteroatoms. The van der Waals surface area contributed by atoms with Crippen LogP contribution >= 0.6 is 15.9 Å². The van der Waals surface area contributed by atoms with Crippen molar-refractivity contribution in [2.75, 3.05) is 11.9 Å². The lowest BCUT2D eigenvalue weighted by molar-refractivity contribution is 0.121. The zero-order chi connectivity index (χ0) is 11.7. The van der Waals surface area contributed by atoms with Crippen molar-refractivity contribution < 1.29 is 4.74 Å². The van der Waals surface area contributed by atoms with Gasteiger partial charge < -0.3 is 10.1 Å². The molecule has 1 N–H and O–H groups in total. The molecule has 1 aromatic rings. The molecule has 0 bridgehead atoms. The number of hydrogen-bond acceptors (Lipinski definition) is 2. The fraction of sp³-hybridized carbons (Fsp3) is 0.538. The van der Waals surface area contributed by atoms with Gasteiger partial charge in [-0.05, 0) is 50.5 Å². The molecule has 2 atom stereocenters. The Morgan fingerprint density at radius 3 is 2.44 bits per heavy atom. The van der Waals surface area contributed by atoms with E-state index in [1.165, 1.54) is 16.8 Å². The van der Waals surface area contributed by atoms with Crippen molar-refractivity contribution in [1.82, 2.24) is 0 Å². The number of nitrogens with one attached hydrogen (secondary N) is 1. The molecule has 1 aliphatic rings. The normalized spacial score (nSPS) is 24.8. The van der Waals surface area contributed by atoms with Gasteiger partial charge in [-0.3, -0.25) is 0 Å². The van der Waals surface area contributed by atoms with Gasteiger partial charge in [-0.2, -0.15) is 0 Å². The highest BCUT2D eigenvalue weighted by Crippen LogP contribution is 2.28. The summed E-state index contributed by atoms with van der Waals surface area (Å²) in [6.07, 6.45) is 1.40. The smallest absolute Gasteiger partial charge is 0.0748 e. The lowest BCUT2D eigenvalue weighted by Gasteiger charge is -2.21. The Morgan fingerprint density at radius 1 is 1.31 bits per heavy atom. The largest absolute Gasteiger partial charge is 0.379 e. The van der Waals surface area contributed by atoms with Crippen LogP contribution in [0.25, 0.3) is 0 Å². The van der Waals surface area contributed by atoms with Crippen molar-refractivity contribution in [2.24, 2.45) is 0 Å². The van der Waals surface area contributed by atoms with Crippen LogP contribution in [0.2, 0.25) is 0 Å². The predicted molar refractivity (Wildman–Crippen MR) is 71.1 cm³/mol. The van der Waals surface area contributed by atoms with Gasteiger partial charge in [0.05, 0.1) is 12.1 Å². The molecule has 0 aromatic heterocycles. The van der Waals surface area contributed by atoms with Crippen LogP contribution in [0.4, 0.5) is 5.69 Å². The highest BCUT2D eigenvalue weighted by molar-refractivity contribution is 9.10. The van der Waals surface area contributed by atoms with Gasteiger partial charge in [0.25, 0.3) is 0 Å². The van der Waals surface area contributed by atoms with E-state index >= 15 is 0 Å². The van der Waals surface area contributed by atoms with Crippen molar-refractivity contribution in [1.29, 1.82) is 0 Å². The van der Waals surface area contributed by atoms with E-state index in [9.17, 15) is 0 Å². The van der Waals surface area contributed by atoms with Crippen LogP contribution in [0.15, 0.2) is 16.6 Å². The van der Waals surface area contributed by atoms with Crippen molar-refractivity contribution >= 4 is 21.6 Å². The number of aryl methyl sites for hydroxylation is 2. The molecule has 1 fully saturated rings. The van der Waals surface area contributed by atoms with Gasteiger partial charge in [0.1, 0.15) is 0 Å². The molecule has 0 amide bonds. The fourth-order valence-electron chi connectivity index (χ4n) is 2.25. The second-order valence-electron chi connectivity index (χ2n) is 4.53. The number of rotatable bonds is 2. The zero-order valence-electron chi connectivity index (χ0n) is 10.0. The molecule has 0 radical (unpaired) electrons. The lowest BCUT2D eigenvalue weighted by atomic mass is 10.1. The SMILES string of the molecule is Cc1cc(Br)cc(C)c1NC1CCOC1C. The second kappa shape index (κ2) is 4.76. The van der Waals surface area contributed by atoms with E-state index in [4.69, 9.17) is 4.74 Å². The number of anilines is 1. The van der Waals surface area contributed by atoms with Crippen molar-refractivity contribution in [3.05, 3.63) is 27.7 Å². The number of benzene rings is 1. The summed E-state index contributed by atoms with van der Waals surface area (Å²) in [4.78, 5) is 0. The Labute approximate surface area is 106 Å². The first-order valence-electron chi connectivity index (χ1n) is 5.73. The average Bonchev–Trinajstić information content (AvgIpc) is 2.57. The van der Waals surface area contributed by atoms with Crippen LogP contribution in [0.5, 0.6) is 0 Å². The van der Waals surface area contributed by atoms with Crippen molar-refractivity contribution in [2.45, 2.75) is 39.3 Å². The lowest BCUT2D eigenvalue weighted by Crippen LogP contribution is -2.27. The summed E-state index contributed by atoms with van der Waals surface area (Å²) >= 11 is 3.52. The molecule has 1 aromatic carbocycles. The highest BCUT2D eigenvalue weighted by atomic mass is 79.9. The van der Waals surface area contributed by atoms with Crippen molar-refractivity contribution in [3.63, 3.8) is 0 Å². The molecule has 2 nitrogen and oxygen atoms in total. The topological polar surface area (TPSA) is 21.3 Å². The summed E-state index contributed by atoms with van der Waals surface area (Å²) in [6.45, 7) is 7.28. The van der Waals surface area contributed by atoms with Gasteiger partial charge in [-0.25, -0.2) is 0 Å². The average molecular weight is 284 g/mol. The highest BCUT2D eigenvalue weighted by Gasteiger charge is 2.24. The minimum absolute atomic E-state index is 0.308. The van der Waals surface area contributed by atoms with E-state index < -0.39 is 0 Å². The van der Waals surface area contributed by atoms with Gasteiger partial charge in [-0.15, -0.1) is 0 Å². The van der Waals surface area contributed by atoms with Crippen LogP contribution in [-0.2, 0) is 4.74 Å². The number of ether oxygens (including phenoxy) is 1. The molecule has 1 aliphatic heterocycles. The monoisotopic (exact) mass is 283 g/mol. The molecule has 0 aliphatic carbocycles. The van der Waals surface area contributed by atoms with Gasteiger partial charge in [0.2, 0.25) is 0 Å². The standard InChI is InChI=1S/C13H18BrNO/c1-8-6-11(14)7-9(2)13(8)15-12-4-5-16-10(12)3/h6-7,10,12,15H,4-5H2,1-3H3. The summed E-state index contributed by atoms with van der Waals surface area (Å²) in [6, 6.07) is 4.74. The van der Waals surface area contributed by atoms with Gasteiger partial charge in [0, 0.05) is 16.8 Å². The molecule has 1 heterocycles. The maximum atomic E-state index is 5.57. The molecule has 0 saturated carbocycles. The maximum Gasteiger partial charge on any atom is 0.0748 e. The summed E-state index contributed by atoms with van der Waals surface area (Å²) < 4.78 is 6.71. The van der Waals surface area contributed by atoms with Gasteiger partial charge in [-0.1, -0.05) is 15.9 Å². The van der Waals surface area contributed by atoms with E-state index in [1.54, 1.807) is 0 Å². The summed E-state index contributed by atoms with van der Waals surface area (Å²) in [7, 11) is 0. The third-order valence-corrected chi connectivity index (χ3v) is 3.66. The molecule has 2 unspecified atom stereocenters. The Bertz CT molecular complexity index is 369. The van der Waals surface area contributed by atoms with Gasteiger partial charge >= 0.3 is 0 Å². The fourth-order valence-corrected chi connectivity index (χ4v) is 2.93. The van der Waals surface area contributed by atoms with E-state index in [0.29, 0.717) is 12.1 Å². The summed E-state index contributed by atoms with van der Waals surface area (Å²) in [5.41, 5.74) is 3.82. The van der Waals surface area contributed by atoms with Crippen LogP contribution in [0.3, 0.4) is 0 Å². The first kappa shape index (κ1) is 11.9. The third-order valence-electron chi connectivity index (χ3n) is 3.20. The molecule has 0 spiro atoms. The minimum Gasteiger partial charge on any atom is -0.379 e. The van der Waals surface area contributed by atoms with Crippen LogP contribution in [0.1, 0.15) is 24.5 Å². The van der Waals surface area contributed by atoms with E-state index in [0.717, 1.165) is 17.5 Å². The molecule has 88 valence electrons. The Kier molecular flexibility index (Phi) is 3.55. The predicted octanol–water partition coefficient (Wildman–Crippen LogP) is 3.66. The van der Waals surface area contributed by atoms with Crippen LogP contribution in [0, 0.1) is 13.8 Å². The van der Waals surface area contributed by atoms with Crippen LogP contribution in [-0.4, -0.2) is 18.8 Å². The molecule has 1 saturated heterocycles. The number of halogens is 1. The van der Waals surface area contributed by atoms with E-state index in [1.807, 2.05) is 0 Å². The third kappa shape index (κ3) is 2.41. The van der Waals surface area contributed by atoms with Gasteiger partial charge in [0.15, 0.2) is 0 Å². The molecular weight excluding hydrogens is 266 g/mol. The zero-order valence-corrected chi connectivity index (χ0v) is 11.6. The number of hydrogen-bond donors (Lipinski definition) is 1. The first-order valence-corrected chi connectivity index (χ1v) is 6.52. The Morgan fingerprint density at radius 2 is 1.94 bits per heavy atom. The quantitative estimate of drug-likeness (QED) is 0.895. The first-order chi connectivity index (χ1) is 7.58. The Balaban J connectivity index is 2.21. The molecular formula is C13H18BrNO. The molecule has 16 heavy (non-hydrogen) atoms. The maximum absolute atomic E-state index is 5.57. The van der Waals surface area contributed by atoms with E-state index in [-0.39, 0.29) is 0 Å². The van der Waals surface area contributed by atoms with Crippen molar-refractivity contribution in [3.8, 4) is 0 Å². The minimum atomic E-state index is 0.308. The van der Waals surface area contributed by atoms with E-state index in [2.05, 4.69) is 54.2 Å². The molecule has 2 rings (SSSR count). The Hall–Kier alpha value is -0.540. The summed E-state index contributed by atoms with van der Waals surface area (Å²) in [5, 5.41) is 3.61. The second-order valence-corrected chi connectivity index (χ2v) is 5.45.